The minimum atomic E-state index is -0.431. The van der Waals surface area contributed by atoms with E-state index in [1.54, 1.807) is 12.1 Å². The third kappa shape index (κ3) is 5.11. The van der Waals surface area contributed by atoms with Gasteiger partial charge in [0.05, 0.1) is 5.02 Å². The summed E-state index contributed by atoms with van der Waals surface area (Å²) < 4.78 is 13.3. The molecule has 1 fully saturated rings. The third-order valence-electron chi connectivity index (χ3n) is 4.20. The Labute approximate surface area is 157 Å². The van der Waals surface area contributed by atoms with E-state index in [9.17, 15) is 4.39 Å². The van der Waals surface area contributed by atoms with E-state index in [1.807, 2.05) is 24.5 Å². The number of anilines is 1. The van der Waals surface area contributed by atoms with Crippen molar-refractivity contribution in [3.63, 3.8) is 0 Å². The molecule has 4 nitrogen and oxygen atoms in total. The van der Waals surface area contributed by atoms with Crippen molar-refractivity contribution in [1.29, 1.82) is 0 Å². The molecule has 1 N–H and O–H groups in total. The van der Waals surface area contributed by atoms with Crippen molar-refractivity contribution in [2.75, 3.05) is 31.5 Å². The molecule has 1 saturated heterocycles. The second-order valence-corrected chi connectivity index (χ2v) is 6.83. The highest BCUT2D eigenvalue weighted by atomic mass is 35.5. The van der Waals surface area contributed by atoms with Crippen LogP contribution in [0.25, 0.3) is 0 Å². The van der Waals surface area contributed by atoms with Gasteiger partial charge >= 0.3 is 0 Å². The SMILES string of the molecule is Fc1ccc(NC(=S)N2CCCN(Cc3ccncc3)CC2)cc1Cl. The van der Waals surface area contributed by atoms with Crippen molar-refractivity contribution in [1.82, 2.24) is 14.8 Å². The summed E-state index contributed by atoms with van der Waals surface area (Å²) in [5, 5.41) is 3.89. The molecule has 0 aliphatic carbocycles. The van der Waals surface area contributed by atoms with E-state index in [-0.39, 0.29) is 5.02 Å². The monoisotopic (exact) mass is 378 g/mol. The molecule has 0 saturated carbocycles. The molecule has 0 bridgehead atoms. The first-order valence-corrected chi connectivity index (χ1v) is 9.03. The second-order valence-electron chi connectivity index (χ2n) is 6.03. The second kappa shape index (κ2) is 8.56. The lowest BCUT2D eigenvalue weighted by Gasteiger charge is -2.24. The highest BCUT2D eigenvalue weighted by Crippen LogP contribution is 2.20. The van der Waals surface area contributed by atoms with E-state index >= 15 is 0 Å². The van der Waals surface area contributed by atoms with Gasteiger partial charge in [-0.05, 0) is 54.5 Å². The van der Waals surface area contributed by atoms with Crippen LogP contribution in [0.2, 0.25) is 5.02 Å². The van der Waals surface area contributed by atoms with Gasteiger partial charge in [0, 0.05) is 50.8 Å². The lowest BCUT2D eigenvalue weighted by atomic mass is 10.2. The van der Waals surface area contributed by atoms with E-state index in [2.05, 4.69) is 20.1 Å². The summed E-state index contributed by atoms with van der Waals surface area (Å²) in [7, 11) is 0. The summed E-state index contributed by atoms with van der Waals surface area (Å²) in [6, 6.07) is 8.63. The molecule has 0 unspecified atom stereocenters. The maximum atomic E-state index is 13.3. The number of thiocarbonyl (C=S) groups is 1. The topological polar surface area (TPSA) is 31.4 Å². The number of pyridine rings is 1. The van der Waals surface area contributed by atoms with Gasteiger partial charge in [0.1, 0.15) is 5.82 Å². The van der Waals surface area contributed by atoms with Gasteiger partial charge in [-0.3, -0.25) is 9.88 Å². The van der Waals surface area contributed by atoms with Crippen LogP contribution < -0.4 is 5.32 Å². The summed E-state index contributed by atoms with van der Waals surface area (Å²) >= 11 is 11.3. The van der Waals surface area contributed by atoms with E-state index in [1.165, 1.54) is 11.6 Å². The first kappa shape index (κ1) is 18.0. The molecule has 3 rings (SSSR count). The maximum absolute atomic E-state index is 13.3. The zero-order valence-corrected chi connectivity index (χ0v) is 15.4. The van der Waals surface area contributed by atoms with Crippen molar-refractivity contribution in [3.05, 3.63) is 59.1 Å². The van der Waals surface area contributed by atoms with Gasteiger partial charge in [-0.1, -0.05) is 11.6 Å². The lowest BCUT2D eigenvalue weighted by molar-refractivity contribution is 0.278. The molecule has 2 heterocycles. The normalized spacial score (nSPS) is 15.7. The van der Waals surface area contributed by atoms with Crippen LogP contribution in [-0.2, 0) is 6.54 Å². The maximum Gasteiger partial charge on any atom is 0.173 e. The molecule has 1 aliphatic heterocycles. The Balaban J connectivity index is 1.55. The molecule has 25 heavy (non-hydrogen) atoms. The van der Waals surface area contributed by atoms with Gasteiger partial charge in [0.25, 0.3) is 0 Å². The molecule has 7 heteroatoms. The first-order valence-electron chi connectivity index (χ1n) is 8.24. The van der Waals surface area contributed by atoms with Crippen LogP contribution >= 0.6 is 23.8 Å². The Kier molecular flexibility index (Phi) is 6.18. The third-order valence-corrected chi connectivity index (χ3v) is 4.85. The van der Waals surface area contributed by atoms with Crippen LogP contribution in [0, 0.1) is 5.82 Å². The van der Waals surface area contributed by atoms with Crippen molar-refractivity contribution in [2.24, 2.45) is 0 Å². The van der Waals surface area contributed by atoms with Crippen LogP contribution in [0.5, 0.6) is 0 Å². The Morgan fingerprint density at radius 2 is 1.96 bits per heavy atom. The fraction of sp³-hybridized carbons (Fsp3) is 0.333. The highest BCUT2D eigenvalue weighted by Gasteiger charge is 2.17. The van der Waals surface area contributed by atoms with Crippen LogP contribution in [0.3, 0.4) is 0 Å². The van der Waals surface area contributed by atoms with Gasteiger partial charge < -0.3 is 10.2 Å². The van der Waals surface area contributed by atoms with E-state index < -0.39 is 5.82 Å². The number of hydrogen-bond donors (Lipinski definition) is 1. The van der Waals surface area contributed by atoms with Gasteiger partial charge in [-0.2, -0.15) is 0 Å². The number of hydrogen-bond acceptors (Lipinski definition) is 3. The Hall–Kier alpha value is -1.76. The van der Waals surface area contributed by atoms with Crippen LogP contribution in [0.15, 0.2) is 42.7 Å². The van der Waals surface area contributed by atoms with E-state index in [0.29, 0.717) is 10.8 Å². The van der Waals surface area contributed by atoms with Crippen molar-refractivity contribution < 1.29 is 4.39 Å². The molecule has 1 aromatic heterocycles. The summed E-state index contributed by atoms with van der Waals surface area (Å²) in [4.78, 5) is 8.63. The number of nitrogens with one attached hydrogen (secondary N) is 1. The van der Waals surface area contributed by atoms with E-state index in [4.69, 9.17) is 23.8 Å². The molecule has 0 spiro atoms. The molecule has 1 aromatic carbocycles. The van der Waals surface area contributed by atoms with E-state index in [0.717, 1.165) is 39.1 Å². The van der Waals surface area contributed by atoms with Gasteiger partial charge in [0.15, 0.2) is 5.11 Å². The van der Waals surface area contributed by atoms with Crippen molar-refractivity contribution in [2.45, 2.75) is 13.0 Å². The average molecular weight is 379 g/mol. The summed E-state index contributed by atoms with van der Waals surface area (Å²) in [5.74, 6) is -0.431. The predicted octanol–water partition coefficient (Wildman–Crippen LogP) is 3.78. The standard InChI is InChI=1S/C18H20ClFN4S/c19-16-12-15(2-3-17(16)20)22-18(25)24-9-1-8-23(10-11-24)13-14-4-6-21-7-5-14/h2-7,12H,1,8-11,13H2,(H,22,25). The number of halogens is 2. The van der Waals surface area contributed by atoms with Gasteiger partial charge in [0.2, 0.25) is 0 Å². The number of aromatic nitrogens is 1. The lowest BCUT2D eigenvalue weighted by Crippen LogP contribution is -2.37. The largest absolute Gasteiger partial charge is 0.348 e. The molecule has 1 aliphatic rings. The molecule has 0 amide bonds. The number of nitrogens with zero attached hydrogens (tertiary/aromatic N) is 3. The molecule has 0 radical (unpaired) electrons. The van der Waals surface area contributed by atoms with Gasteiger partial charge in [-0.25, -0.2) is 4.39 Å². The molecular formula is C18H20ClFN4S. The first-order chi connectivity index (χ1) is 12.1. The quantitative estimate of drug-likeness (QED) is 0.821. The Morgan fingerprint density at radius 3 is 2.72 bits per heavy atom. The summed E-state index contributed by atoms with van der Waals surface area (Å²) in [6.45, 7) is 4.64. The Bertz CT molecular complexity index is 728. The predicted molar refractivity (Wildman–Crippen MR) is 103 cm³/mol. The summed E-state index contributed by atoms with van der Waals surface area (Å²) in [5.41, 5.74) is 1.97. The number of rotatable bonds is 3. The number of benzene rings is 1. The van der Waals surface area contributed by atoms with Crippen molar-refractivity contribution in [3.8, 4) is 0 Å². The highest BCUT2D eigenvalue weighted by molar-refractivity contribution is 7.80. The Morgan fingerprint density at radius 1 is 1.16 bits per heavy atom. The van der Waals surface area contributed by atoms with Crippen molar-refractivity contribution >= 4 is 34.6 Å². The molecule has 132 valence electrons. The molecular weight excluding hydrogens is 359 g/mol. The molecule has 0 atom stereocenters. The summed E-state index contributed by atoms with van der Waals surface area (Å²) in [6.07, 6.45) is 4.69. The van der Waals surface area contributed by atoms with Crippen LogP contribution in [0.4, 0.5) is 10.1 Å². The fourth-order valence-electron chi connectivity index (χ4n) is 2.85. The van der Waals surface area contributed by atoms with Gasteiger partial charge in [-0.15, -0.1) is 0 Å². The minimum absolute atomic E-state index is 0.0900. The fourth-order valence-corrected chi connectivity index (χ4v) is 3.34. The molecule has 2 aromatic rings. The zero-order valence-electron chi connectivity index (χ0n) is 13.8. The smallest absolute Gasteiger partial charge is 0.173 e. The zero-order chi connectivity index (χ0) is 17.6. The van der Waals surface area contributed by atoms with Crippen LogP contribution in [-0.4, -0.2) is 46.1 Å². The average Bonchev–Trinajstić information content (AvgIpc) is 2.85. The van der Waals surface area contributed by atoms with Crippen LogP contribution in [0.1, 0.15) is 12.0 Å². The minimum Gasteiger partial charge on any atom is -0.348 e.